The summed E-state index contributed by atoms with van der Waals surface area (Å²) in [7, 11) is 1.44. The highest BCUT2D eigenvalue weighted by Gasteiger charge is 2.38. The van der Waals surface area contributed by atoms with Crippen LogP contribution in [0.25, 0.3) is 0 Å². The molecule has 0 radical (unpaired) electrons. The molecule has 1 heterocycles. The normalized spacial score (nSPS) is 20.9. The van der Waals surface area contributed by atoms with Crippen LogP contribution in [0.4, 0.5) is 13.6 Å². The second-order valence-electron chi connectivity index (χ2n) is 5.22. The smallest absolute Gasteiger partial charge is 0.329 e. The number of halogens is 2. The van der Waals surface area contributed by atoms with E-state index >= 15 is 0 Å². The molecule has 1 aromatic heterocycles. The lowest BCUT2D eigenvalue weighted by Crippen LogP contribution is -2.30. The molecule has 112 valence electrons. The summed E-state index contributed by atoms with van der Waals surface area (Å²) in [6.07, 6.45) is 2.54. The molecule has 1 N–H and O–H groups in total. The Morgan fingerprint density at radius 2 is 2.40 bits per heavy atom. The van der Waals surface area contributed by atoms with E-state index in [1.165, 1.54) is 11.7 Å². The fraction of sp³-hybridized carbons (Fsp3) is 0.692. The van der Waals surface area contributed by atoms with Gasteiger partial charge in [0, 0.05) is 25.6 Å². The quantitative estimate of drug-likeness (QED) is 0.926. The highest BCUT2D eigenvalue weighted by Crippen LogP contribution is 2.40. The van der Waals surface area contributed by atoms with E-state index < -0.39 is 5.92 Å². The van der Waals surface area contributed by atoms with Crippen LogP contribution >= 0.6 is 0 Å². The van der Waals surface area contributed by atoms with Crippen molar-refractivity contribution in [2.24, 2.45) is 5.92 Å². The van der Waals surface area contributed by atoms with Gasteiger partial charge in [0.25, 0.3) is 0 Å². The predicted molar refractivity (Wildman–Crippen MR) is 69.2 cm³/mol. The van der Waals surface area contributed by atoms with Gasteiger partial charge in [-0.1, -0.05) is 0 Å². The zero-order valence-corrected chi connectivity index (χ0v) is 11.7. The van der Waals surface area contributed by atoms with E-state index in [1.807, 2.05) is 0 Å². The number of carbonyl (C=O) groups excluding carboxylic acids is 1. The Hall–Kier alpha value is -1.66. The van der Waals surface area contributed by atoms with Gasteiger partial charge in [0.15, 0.2) is 0 Å². The van der Waals surface area contributed by atoms with E-state index in [0.717, 1.165) is 0 Å². The van der Waals surface area contributed by atoms with Crippen molar-refractivity contribution in [3.8, 4) is 6.01 Å². The molecule has 1 saturated carbocycles. The van der Waals surface area contributed by atoms with Gasteiger partial charge in [-0.15, -0.1) is 0 Å². The summed E-state index contributed by atoms with van der Waals surface area (Å²) >= 11 is 0. The molecule has 1 aromatic rings. The van der Waals surface area contributed by atoms with Crippen LogP contribution in [0.5, 0.6) is 6.01 Å². The van der Waals surface area contributed by atoms with Crippen LogP contribution in [0, 0.1) is 12.8 Å². The maximum absolute atomic E-state index is 13.0. The maximum atomic E-state index is 13.0. The van der Waals surface area contributed by atoms with Crippen LogP contribution < -0.4 is 10.1 Å². The molecule has 0 bridgehead atoms. The molecule has 1 aliphatic rings. The van der Waals surface area contributed by atoms with Crippen LogP contribution in [0.1, 0.15) is 31.4 Å². The number of hydrogen-bond donors (Lipinski definition) is 1. The minimum atomic E-state index is -2.53. The number of nitrogens with zero attached hydrogens (tertiary/aromatic N) is 2. The highest BCUT2D eigenvalue weighted by molar-refractivity contribution is 5.78. The van der Waals surface area contributed by atoms with Gasteiger partial charge < -0.3 is 10.1 Å². The van der Waals surface area contributed by atoms with Crippen molar-refractivity contribution in [2.75, 3.05) is 13.7 Å². The first-order valence-electron chi connectivity index (χ1n) is 6.67. The fourth-order valence-corrected chi connectivity index (χ4v) is 2.52. The monoisotopic (exact) mass is 287 g/mol. The van der Waals surface area contributed by atoms with E-state index in [1.54, 1.807) is 13.1 Å². The molecule has 0 aromatic carbocycles. The van der Waals surface area contributed by atoms with Crippen LogP contribution in [-0.4, -0.2) is 35.2 Å². The van der Waals surface area contributed by atoms with Crippen molar-refractivity contribution in [1.82, 2.24) is 14.9 Å². The molecule has 1 unspecified atom stereocenters. The number of rotatable bonds is 4. The van der Waals surface area contributed by atoms with Crippen molar-refractivity contribution in [3.63, 3.8) is 0 Å². The second-order valence-corrected chi connectivity index (χ2v) is 5.22. The summed E-state index contributed by atoms with van der Waals surface area (Å²) in [5, 5.41) is 2.70. The van der Waals surface area contributed by atoms with Gasteiger partial charge >= 0.3 is 12.0 Å². The van der Waals surface area contributed by atoms with Crippen molar-refractivity contribution in [2.45, 2.75) is 38.5 Å². The topological polar surface area (TPSA) is 56.2 Å². The van der Waals surface area contributed by atoms with Gasteiger partial charge in [-0.25, -0.2) is 23.1 Å². The van der Waals surface area contributed by atoms with Crippen molar-refractivity contribution in [1.29, 1.82) is 0 Å². The summed E-state index contributed by atoms with van der Waals surface area (Å²) in [5.74, 6) is -2.55. The van der Waals surface area contributed by atoms with E-state index in [2.05, 4.69) is 10.3 Å². The third-order valence-electron chi connectivity index (χ3n) is 3.53. The fourth-order valence-electron chi connectivity index (χ4n) is 2.52. The Kier molecular flexibility index (Phi) is 4.25. The van der Waals surface area contributed by atoms with E-state index in [0.29, 0.717) is 25.1 Å². The largest absolute Gasteiger partial charge is 0.468 e. The highest BCUT2D eigenvalue weighted by atomic mass is 19.3. The number of alkyl halides is 2. The van der Waals surface area contributed by atoms with E-state index in [-0.39, 0.29) is 30.8 Å². The number of aromatic nitrogens is 2. The average Bonchev–Trinajstić information content (AvgIpc) is 2.92. The third kappa shape index (κ3) is 3.46. The lowest BCUT2D eigenvalue weighted by molar-refractivity contribution is 0.00478. The Bertz CT molecular complexity index is 488. The summed E-state index contributed by atoms with van der Waals surface area (Å²) in [6, 6.07) is -0.139. The molecule has 2 rings (SSSR count). The Morgan fingerprint density at radius 1 is 1.65 bits per heavy atom. The molecule has 1 fully saturated rings. The first-order chi connectivity index (χ1) is 9.41. The molecule has 20 heavy (non-hydrogen) atoms. The van der Waals surface area contributed by atoms with Crippen molar-refractivity contribution < 1.29 is 18.3 Å². The third-order valence-corrected chi connectivity index (χ3v) is 3.53. The lowest BCUT2D eigenvalue weighted by atomic mass is 10.0. The van der Waals surface area contributed by atoms with Gasteiger partial charge in [0.05, 0.1) is 12.8 Å². The maximum Gasteiger partial charge on any atom is 0.329 e. The van der Waals surface area contributed by atoms with Crippen molar-refractivity contribution >= 4 is 6.03 Å². The molecule has 0 aliphatic heterocycles. The van der Waals surface area contributed by atoms with Crippen LogP contribution in [0.2, 0.25) is 0 Å². The van der Waals surface area contributed by atoms with Gasteiger partial charge in [-0.2, -0.15) is 0 Å². The number of ether oxygens (including phenoxy) is 1. The summed E-state index contributed by atoms with van der Waals surface area (Å²) in [6.45, 7) is 2.13. The Morgan fingerprint density at radius 3 is 3.00 bits per heavy atom. The molecule has 1 amide bonds. The zero-order valence-electron chi connectivity index (χ0n) is 11.7. The molecule has 5 nitrogen and oxygen atoms in total. The number of nitrogens with one attached hydrogen (secondary N) is 1. The Balaban J connectivity index is 1.81. The molecule has 0 saturated heterocycles. The summed E-state index contributed by atoms with van der Waals surface area (Å²) in [5.41, 5.74) is 0.674. The van der Waals surface area contributed by atoms with Gasteiger partial charge in [-0.3, -0.25) is 0 Å². The lowest BCUT2D eigenvalue weighted by Gasteiger charge is -2.11. The minimum Gasteiger partial charge on any atom is -0.468 e. The first kappa shape index (κ1) is 14.7. The molecular formula is C13H19F2N3O2. The molecule has 0 spiro atoms. The molecule has 1 atom stereocenters. The van der Waals surface area contributed by atoms with E-state index in [4.69, 9.17) is 4.74 Å². The average molecular weight is 287 g/mol. The summed E-state index contributed by atoms with van der Waals surface area (Å²) in [4.78, 5) is 16.0. The van der Waals surface area contributed by atoms with E-state index in [9.17, 15) is 13.6 Å². The number of aryl methyl sites for hydroxylation is 1. The number of methoxy groups -OCH3 is 1. The van der Waals surface area contributed by atoms with Crippen LogP contribution in [0.15, 0.2) is 6.20 Å². The van der Waals surface area contributed by atoms with Gasteiger partial charge in [-0.05, 0) is 25.7 Å². The van der Waals surface area contributed by atoms with Crippen LogP contribution in [0.3, 0.4) is 0 Å². The van der Waals surface area contributed by atoms with Crippen LogP contribution in [-0.2, 0) is 0 Å². The molecular weight excluding hydrogens is 268 g/mol. The van der Waals surface area contributed by atoms with Gasteiger partial charge in [0.2, 0.25) is 5.92 Å². The zero-order chi connectivity index (χ0) is 14.8. The standard InChI is InChI=1S/C13H19F2N3O2/c1-9-8-18(12(17-9)20-2)11(19)16-6-4-10-3-5-13(14,15)7-10/h8,10H,3-7H2,1-2H3,(H,16,19). The minimum absolute atomic E-state index is 0.0169. The summed E-state index contributed by atoms with van der Waals surface area (Å²) < 4.78 is 32.3. The molecule has 7 heteroatoms. The second kappa shape index (κ2) is 5.76. The SMILES string of the molecule is COc1nc(C)cn1C(=O)NCCC1CCC(F)(F)C1. The molecule has 1 aliphatic carbocycles. The van der Waals surface area contributed by atoms with Gasteiger partial charge in [0.1, 0.15) is 0 Å². The number of amides is 1. The first-order valence-corrected chi connectivity index (χ1v) is 6.67. The number of imidazole rings is 1. The number of carbonyl (C=O) groups is 1. The Labute approximate surface area is 116 Å². The van der Waals surface area contributed by atoms with Crippen molar-refractivity contribution in [3.05, 3.63) is 11.9 Å². The predicted octanol–water partition coefficient (Wildman–Crippen LogP) is 2.58. The number of hydrogen-bond acceptors (Lipinski definition) is 3.